The average Bonchev–Trinajstić information content (AvgIpc) is 2.15. The normalized spacial score (nSPS) is 8.69. The topological polar surface area (TPSA) is 29.5 Å². The molecule has 0 bridgehead atoms. The van der Waals surface area contributed by atoms with Crippen molar-refractivity contribution in [1.29, 1.82) is 0 Å². The molecule has 0 fully saturated rings. The van der Waals surface area contributed by atoms with Gasteiger partial charge in [-0.3, -0.25) is 0 Å². The summed E-state index contributed by atoms with van der Waals surface area (Å²) in [5.41, 5.74) is 2.18. The van der Waals surface area contributed by atoms with E-state index in [0.29, 0.717) is 0 Å². The molecule has 0 aliphatic heterocycles. The van der Waals surface area contributed by atoms with E-state index < -0.39 is 0 Å². The lowest BCUT2D eigenvalue weighted by Crippen LogP contribution is -1.96. The summed E-state index contributed by atoms with van der Waals surface area (Å²) < 4.78 is 4.97. The Labute approximate surface area is 80.2 Å². The van der Waals surface area contributed by atoms with Crippen LogP contribution in [0, 0.1) is 13.8 Å². The van der Waals surface area contributed by atoms with Gasteiger partial charge in [-0.15, -0.1) is 0 Å². The summed E-state index contributed by atoms with van der Waals surface area (Å²) in [5, 5.41) is 8.51. The molecule has 0 spiro atoms. The molecule has 74 valence electrons. The maximum atomic E-state index is 8.51. The van der Waals surface area contributed by atoms with Crippen molar-refractivity contribution in [3.8, 4) is 5.75 Å². The number of ether oxygens (including phenoxy) is 1. The third-order valence-corrected chi connectivity index (χ3v) is 1.56. The number of hydrogen-bond donors (Lipinski definition) is 1. The molecule has 0 unspecified atom stereocenters. The number of aryl methyl sites for hydroxylation is 2. The summed E-state index contributed by atoms with van der Waals surface area (Å²) in [5.74, 6) is 0.757. The van der Waals surface area contributed by atoms with Crippen LogP contribution in [0.2, 0.25) is 0 Å². The van der Waals surface area contributed by atoms with Crippen LogP contribution < -0.4 is 4.74 Å². The summed E-state index contributed by atoms with van der Waals surface area (Å²) in [4.78, 5) is 0. The van der Waals surface area contributed by atoms with Crippen molar-refractivity contribution in [3.05, 3.63) is 29.3 Å². The first kappa shape index (κ1) is 12.0. The molecule has 0 saturated heterocycles. The van der Waals surface area contributed by atoms with E-state index in [9.17, 15) is 0 Å². The molecule has 0 radical (unpaired) electrons. The van der Waals surface area contributed by atoms with Crippen LogP contribution in [-0.2, 0) is 0 Å². The van der Waals surface area contributed by atoms with Gasteiger partial charge in [0.25, 0.3) is 0 Å². The Hall–Kier alpha value is -1.02. The molecule has 0 aromatic heterocycles. The second-order valence-corrected chi connectivity index (χ2v) is 2.54. The van der Waals surface area contributed by atoms with Crippen molar-refractivity contribution in [2.24, 2.45) is 0 Å². The average molecular weight is 182 g/mol. The van der Waals surface area contributed by atoms with E-state index in [0.717, 1.165) is 16.9 Å². The Kier molecular flexibility index (Phi) is 5.98. The molecule has 0 aliphatic carbocycles. The predicted molar refractivity (Wildman–Crippen MR) is 55.0 cm³/mol. The van der Waals surface area contributed by atoms with E-state index in [1.807, 2.05) is 45.9 Å². The zero-order valence-corrected chi connectivity index (χ0v) is 8.79. The van der Waals surface area contributed by atoms with E-state index in [4.69, 9.17) is 9.84 Å². The lowest BCUT2D eigenvalue weighted by molar-refractivity contribution is 0.0978. The molecule has 13 heavy (non-hydrogen) atoms. The molecule has 0 atom stereocenters. The van der Waals surface area contributed by atoms with E-state index in [1.165, 1.54) is 0 Å². The van der Waals surface area contributed by atoms with Gasteiger partial charge in [0.1, 0.15) is 5.75 Å². The van der Waals surface area contributed by atoms with Crippen molar-refractivity contribution in [2.45, 2.75) is 27.7 Å². The Balaban J connectivity index is 0.000000671. The van der Waals surface area contributed by atoms with Crippen LogP contribution in [0.3, 0.4) is 0 Å². The molecule has 0 amide bonds. The van der Waals surface area contributed by atoms with Gasteiger partial charge in [0.15, 0.2) is 6.79 Å². The Bertz CT molecular complexity index is 244. The summed E-state index contributed by atoms with van der Waals surface area (Å²) in [7, 11) is 0. The van der Waals surface area contributed by atoms with Gasteiger partial charge in [-0.2, -0.15) is 0 Å². The lowest BCUT2D eigenvalue weighted by Gasteiger charge is -2.05. The highest BCUT2D eigenvalue weighted by Crippen LogP contribution is 2.18. The molecule has 2 nitrogen and oxygen atoms in total. The van der Waals surface area contributed by atoms with Gasteiger partial charge < -0.3 is 9.84 Å². The summed E-state index contributed by atoms with van der Waals surface area (Å²) >= 11 is 0. The van der Waals surface area contributed by atoms with Crippen molar-refractivity contribution in [3.63, 3.8) is 0 Å². The van der Waals surface area contributed by atoms with E-state index >= 15 is 0 Å². The molecular formula is C11H18O2. The fourth-order valence-corrected chi connectivity index (χ4v) is 0.932. The summed E-state index contributed by atoms with van der Waals surface area (Å²) in [6.45, 7) is 7.68. The number of hydrogen-bond acceptors (Lipinski definition) is 2. The third kappa shape index (κ3) is 3.95. The maximum Gasteiger partial charge on any atom is 0.186 e. The van der Waals surface area contributed by atoms with Crippen molar-refractivity contribution < 1.29 is 9.84 Å². The fraction of sp³-hybridized carbons (Fsp3) is 0.455. The number of aliphatic hydroxyl groups is 1. The van der Waals surface area contributed by atoms with E-state index in [1.54, 1.807) is 0 Å². The van der Waals surface area contributed by atoms with Crippen molar-refractivity contribution >= 4 is 0 Å². The lowest BCUT2D eigenvalue weighted by atomic mass is 10.1. The quantitative estimate of drug-likeness (QED) is 0.712. The van der Waals surface area contributed by atoms with Gasteiger partial charge in [-0.1, -0.05) is 26.0 Å². The van der Waals surface area contributed by atoms with Crippen LogP contribution in [0.25, 0.3) is 0 Å². The van der Waals surface area contributed by atoms with Crippen molar-refractivity contribution in [2.75, 3.05) is 6.79 Å². The number of benzene rings is 1. The monoisotopic (exact) mass is 182 g/mol. The highest BCUT2D eigenvalue weighted by Gasteiger charge is 1.97. The molecule has 0 aliphatic rings. The zero-order chi connectivity index (χ0) is 10.3. The molecule has 1 rings (SSSR count). The zero-order valence-electron chi connectivity index (χ0n) is 8.79. The minimum Gasteiger partial charge on any atom is -0.467 e. The smallest absolute Gasteiger partial charge is 0.186 e. The largest absolute Gasteiger partial charge is 0.467 e. The first-order valence-corrected chi connectivity index (χ1v) is 4.55. The number of rotatable bonds is 2. The predicted octanol–water partition coefficient (Wildman–Crippen LogP) is 2.66. The minimum atomic E-state index is -0.260. The van der Waals surface area contributed by atoms with Gasteiger partial charge in [-0.05, 0) is 31.0 Å². The molecule has 1 aromatic rings. The van der Waals surface area contributed by atoms with Crippen LogP contribution in [0.5, 0.6) is 5.75 Å². The molecule has 2 heteroatoms. The SMILES string of the molecule is CC.Cc1ccc(C)c(OCO)c1. The van der Waals surface area contributed by atoms with Crippen molar-refractivity contribution in [1.82, 2.24) is 0 Å². The standard InChI is InChI=1S/C9H12O2.C2H6/c1-7-3-4-8(2)9(5-7)11-6-10;1-2/h3-5,10H,6H2,1-2H3;1-2H3. The van der Waals surface area contributed by atoms with Crippen LogP contribution in [0.1, 0.15) is 25.0 Å². The second-order valence-electron chi connectivity index (χ2n) is 2.54. The van der Waals surface area contributed by atoms with E-state index in [2.05, 4.69) is 0 Å². The fourth-order valence-electron chi connectivity index (χ4n) is 0.932. The van der Waals surface area contributed by atoms with E-state index in [-0.39, 0.29) is 6.79 Å². The molecular weight excluding hydrogens is 164 g/mol. The van der Waals surface area contributed by atoms with Gasteiger partial charge >= 0.3 is 0 Å². The van der Waals surface area contributed by atoms with Gasteiger partial charge in [0.05, 0.1) is 0 Å². The first-order chi connectivity index (χ1) is 6.24. The highest BCUT2D eigenvalue weighted by molar-refractivity contribution is 5.35. The highest BCUT2D eigenvalue weighted by atomic mass is 16.6. The summed E-state index contributed by atoms with van der Waals surface area (Å²) in [6, 6.07) is 5.89. The van der Waals surface area contributed by atoms with Gasteiger partial charge in [0, 0.05) is 0 Å². The Morgan fingerprint density at radius 1 is 1.23 bits per heavy atom. The second kappa shape index (κ2) is 6.49. The maximum absolute atomic E-state index is 8.51. The minimum absolute atomic E-state index is 0.260. The molecule has 0 saturated carbocycles. The Morgan fingerprint density at radius 2 is 1.85 bits per heavy atom. The van der Waals surface area contributed by atoms with Crippen LogP contribution in [0.4, 0.5) is 0 Å². The van der Waals surface area contributed by atoms with Gasteiger partial charge in [-0.25, -0.2) is 0 Å². The molecule has 0 heterocycles. The van der Waals surface area contributed by atoms with Gasteiger partial charge in [0.2, 0.25) is 0 Å². The van der Waals surface area contributed by atoms with Crippen LogP contribution in [0.15, 0.2) is 18.2 Å². The third-order valence-electron chi connectivity index (χ3n) is 1.56. The first-order valence-electron chi connectivity index (χ1n) is 4.55. The number of aliphatic hydroxyl groups excluding tert-OH is 1. The summed E-state index contributed by atoms with van der Waals surface area (Å²) in [6.07, 6.45) is 0. The molecule has 1 aromatic carbocycles. The van der Waals surface area contributed by atoms with Crippen LogP contribution >= 0.6 is 0 Å². The Morgan fingerprint density at radius 3 is 2.38 bits per heavy atom. The van der Waals surface area contributed by atoms with Crippen LogP contribution in [-0.4, -0.2) is 11.9 Å². The molecule has 1 N–H and O–H groups in total.